The van der Waals surface area contributed by atoms with E-state index in [4.69, 9.17) is 0 Å². The third-order valence-corrected chi connectivity index (χ3v) is 6.52. The summed E-state index contributed by atoms with van der Waals surface area (Å²) >= 11 is 0. The quantitative estimate of drug-likeness (QED) is 0.833. The standard InChI is InChI=1S/C16H28N2O3S/c1-22(20,21)17-10-13-3-2-6-18(11-13)16(19)9-15-8-12-4-5-14(15)7-12/h12-15,17H,2-11H2,1H3/t12-,13+,14-,15+/m0/s1. The second-order valence-corrected chi connectivity index (χ2v) is 9.44. The molecule has 2 saturated carbocycles. The van der Waals surface area contributed by atoms with Crippen molar-refractivity contribution in [3.8, 4) is 0 Å². The Kier molecular flexibility index (Phi) is 4.78. The van der Waals surface area contributed by atoms with Gasteiger partial charge in [-0.3, -0.25) is 4.79 Å². The minimum Gasteiger partial charge on any atom is -0.342 e. The van der Waals surface area contributed by atoms with Crippen LogP contribution in [0.2, 0.25) is 0 Å². The van der Waals surface area contributed by atoms with Gasteiger partial charge < -0.3 is 4.90 Å². The van der Waals surface area contributed by atoms with Crippen LogP contribution in [0.3, 0.4) is 0 Å². The van der Waals surface area contributed by atoms with Crippen LogP contribution in [0.5, 0.6) is 0 Å². The summed E-state index contributed by atoms with van der Waals surface area (Å²) in [7, 11) is -3.14. The smallest absolute Gasteiger partial charge is 0.222 e. The number of hydrogen-bond acceptors (Lipinski definition) is 3. The van der Waals surface area contributed by atoms with Crippen LogP contribution < -0.4 is 4.72 Å². The van der Waals surface area contributed by atoms with Crippen LogP contribution in [-0.4, -0.2) is 45.1 Å². The number of likely N-dealkylation sites (tertiary alicyclic amines) is 1. The molecular weight excluding hydrogens is 300 g/mol. The molecular formula is C16H28N2O3S. The number of nitrogens with zero attached hydrogens (tertiary/aromatic N) is 1. The molecule has 6 heteroatoms. The molecule has 0 unspecified atom stereocenters. The lowest BCUT2D eigenvalue weighted by molar-refractivity contribution is -0.134. The number of carbonyl (C=O) groups is 1. The molecule has 3 aliphatic rings. The molecule has 3 rings (SSSR count). The Morgan fingerprint density at radius 3 is 2.68 bits per heavy atom. The van der Waals surface area contributed by atoms with Crippen LogP contribution in [0.1, 0.15) is 44.9 Å². The zero-order valence-electron chi connectivity index (χ0n) is 13.5. The summed E-state index contributed by atoms with van der Waals surface area (Å²) < 4.78 is 25.0. The first-order valence-corrected chi connectivity index (χ1v) is 10.5. The van der Waals surface area contributed by atoms with Crippen molar-refractivity contribution in [2.75, 3.05) is 25.9 Å². The van der Waals surface area contributed by atoms with Gasteiger partial charge in [-0.25, -0.2) is 13.1 Å². The summed E-state index contributed by atoms with van der Waals surface area (Å²) in [5.74, 6) is 2.84. The Bertz CT molecular complexity index is 519. The molecule has 1 amide bonds. The van der Waals surface area contributed by atoms with E-state index in [-0.39, 0.29) is 5.92 Å². The number of sulfonamides is 1. The number of piperidine rings is 1. The predicted molar refractivity (Wildman–Crippen MR) is 85.7 cm³/mol. The third-order valence-electron chi connectivity index (χ3n) is 5.83. The van der Waals surface area contributed by atoms with Crippen molar-refractivity contribution in [2.24, 2.45) is 23.7 Å². The second kappa shape index (κ2) is 6.48. The lowest BCUT2D eigenvalue weighted by atomic mass is 9.86. The Morgan fingerprint density at radius 1 is 1.23 bits per heavy atom. The van der Waals surface area contributed by atoms with E-state index in [1.54, 1.807) is 0 Å². The topological polar surface area (TPSA) is 66.5 Å². The molecule has 2 bridgehead atoms. The molecule has 0 aromatic carbocycles. The highest BCUT2D eigenvalue weighted by Crippen LogP contribution is 2.49. The average Bonchev–Trinajstić information content (AvgIpc) is 3.07. The van der Waals surface area contributed by atoms with E-state index >= 15 is 0 Å². The van der Waals surface area contributed by atoms with Crippen molar-refractivity contribution in [3.63, 3.8) is 0 Å². The molecule has 126 valence electrons. The van der Waals surface area contributed by atoms with Gasteiger partial charge in [0.1, 0.15) is 0 Å². The van der Waals surface area contributed by atoms with Gasteiger partial charge in [0, 0.05) is 26.1 Å². The maximum Gasteiger partial charge on any atom is 0.222 e. The predicted octanol–water partition coefficient (Wildman–Crippen LogP) is 1.60. The number of carbonyl (C=O) groups excluding carboxylic acids is 1. The van der Waals surface area contributed by atoms with Crippen molar-refractivity contribution >= 4 is 15.9 Å². The van der Waals surface area contributed by atoms with Gasteiger partial charge >= 0.3 is 0 Å². The van der Waals surface area contributed by atoms with Crippen LogP contribution >= 0.6 is 0 Å². The van der Waals surface area contributed by atoms with E-state index in [9.17, 15) is 13.2 Å². The summed E-state index contributed by atoms with van der Waals surface area (Å²) in [6.45, 7) is 2.01. The molecule has 0 spiro atoms. The van der Waals surface area contributed by atoms with Crippen LogP contribution in [0.25, 0.3) is 0 Å². The van der Waals surface area contributed by atoms with Gasteiger partial charge in [-0.2, -0.15) is 0 Å². The molecule has 1 saturated heterocycles. The van der Waals surface area contributed by atoms with Crippen LogP contribution in [-0.2, 0) is 14.8 Å². The summed E-state index contributed by atoms with van der Waals surface area (Å²) in [5, 5.41) is 0. The molecule has 1 aliphatic heterocycles. The van der Waals surface area contributed by atoms with Crippen molar-refractivity contribution in [1.29, 1.82) is 0 Å². The summed E-state index contributed by atoms with van der Waals surface area (Å²) in [4.78, 5) is 14.5. The number of nitrogens with one attached hydrogen (secondary N) is 1. The zero-order chi connectivity index (χ0) is 15.7. The Hall–Kier alpha value is -0.620. The molecule has 0 aromatic rings. The van der Waals surface area contributed by atoms with Gasteiger partial charge in [-0.1, -0.05) is 6.42 Å². The average molecular weight is 328 g/mol. The van der Waals surface area contributed by atoms with Gasteiger partial charge in [0.25, 0.3) is 0 Å². The van der Waals surface area contributed by atoms with Crippen molar-refractivity contribution in [2.45, 2.75) is 44.9 Å². The van der Waals surface area contributed by atoms with Gasteiger partial charge in [0.2, 0.25) is 15.9 Å². The minimum absolute atomic E-state index is 0.257. The Morgan fingerprint density at radius 2 is 2.05 bits per heavy atom. The van der Waals surface area contributed by atoms with Gasteiger partial charge in [-0.15, -0.1) is 0 Å². The van der Waals surface area contributed by atoms with Crippen molar-refractivity contribution in [3.05, 3.63) is 0 Å². The first-order chi connectivity index (χ1) is 10.4. The first-order valence-electron chi connectivity index (χ1n) is 8.63. The summed E-state index contributed by atoms with van der Waals surface area (Å²) in [5.41, 5.74) is 0. The third kappa shape index (κ3) is 4.02. The second-order valence-electron chi connectivity index (χ2n) is 7.61. The van der Waals surface area contributed by atoms with E-state index < -0.39 is 10.0 Å². The van der Waals surface area contributed by atoms with Crippen molar-refractivity contribution in [1.82, 2.24) is 9.62 Å². The fourth-order valence-corrected chi connectivity index (χ4v) is 5.25. The van der Waals surface area contributed by atoms with Crippen LogP contribution in [0.4, 0.5) is 0 Å². The zero-order valence-corrected chi connectivity index (χ0v) is 14.3. The maximum atomic E-state index is 12.6. The molecule has 0 radical (unpaired) electrons. The normalized spacial score (nSPS) is 35.0. The Labute approximate surface area is 133 Å². The highest BCUT2D eigenvalue weighted by atomic mass is 32.2. The lowest BCUT2D eigenvalue weighted by Gasteiger charge is -2.34. The highest BCUT2D eigenvalue weighted by Gasteiger charge is 2.40. The van der Waals surface area contributed by atoms with E-state index in [1.807, 2.05) is 4.90 Å². The number of fused-ring (bicyclic) bond motifs is 2. The largest absolute Gasteiger partial charge is 0.342 e. The molecule has 22 heavy (non-hydrogen) atoms. The fourth-order valence-electron chi connectivity index (χ4n) is 4.71. The lowest BCUT2D eigenvalue weighted by Crippen LogP contribution is -2.44. The number of hydrogen-bond donors (Lipinski definition) is 1. The van der Waals surface area contributed by atoms with Crippen molar-refractivity contribution < 1.29 is 13.2 Å². The number of amides is 1. The summed E-state index contributed by atoms with van der Waals surface area (Å²) in [6, 6.07) is 0. The van der Waals surface area contributed by atoms with Gasteiger partial charge in [0.15, 0.2) is 0 Å². The van der Waals surface area contributed by atoms with Crippen LogP contribution in [0.15, 0.2) is 0 Å². The molecule has 4 atom stereocenters. The SMILES string of the molecule is CS(=O)(=O)NC[C@H]1CCCN(C(=O)C[C@H]2C[C@H]3CC[C@H]2C3)C1. The monoisotopic (exact) mass is 328 g/mol. The summed E-state index contributed by atoms with van der Waals surface area (Å²) in [6.07, 6.45) is 9.18. The van der Waals surface area contributed by atoms with Gasteiger partial charge in [-0.05, 0) is 55.8 Å². The Balaban J connectivity index is 1.48. The molecule has 0 aromatic heterocycles. The highest BCUT2D eigenvalue weighted by molar-refractivity contribution is 7.88. The van der Waals surface area contributed by atoms with E-state index in [2.05, 4.69) is 4.72 Å². The molecule has 2 aliphatic carbocycles. The molecule has 1 N–H and O–H groups in total. The van der Waals surface area contributed by atoms with Crippen LogP contribution in [0, 0.1) is 23.7 Å². The molecule has 3 fully saturated rings. The fraction of sp³-hybridized carbons (Fsp3) is 0.938. The van der Waals surface area contributed by atoms with E-state index in [0.717, 1.165) is 31.2 Å². The first kappa shape index (κ1) is 16.2. The van der Waals surface area contributed by atoms with E-state index in [0.29, 0.717) is 31.3 Å². The maximum absolute atomic E-state index is 12.6. The van der Waals surface area contributed by atoms with Gasteiger partial charge in [0.05, 0.1) is 6.26 Å². The minimum atomic E-state index is -3.14. The van der Waals surface area contributed by atoms with E-state index in [1.165, 1.54) is 31.9 Å². The molecule has 5 nitrogen and oxygen atoms in total. The number of rotatable bonds is 5. The molecule has 1 heterocycles.